The molecule has 2 rings (SSSR count). The van der Waals surface area contributed by atoms with E-state index in [9.17, 15) is 23.3 Å². The van der Waals surface area contributed by atoms with Gasteiger partial charge in [0.1, 0.15) is 0 Å². The van der Waals surface area contributed by atoms with Crippen LogP contribution < -0.4 is 10.0 Å². The monoisotopic (exact) mass is 357 g/mol. The summed E-state index contributed by atoms with van der Waals surface area (Å²) in [6, 6.07) is 5.89. The Labute approximate surface area is 134 Å². The Morgan fingerprint density at radius 1 is 1.30 bits per heavy atom. The number of carbonyl (C=O) groups is 1. The van der Waals surface area contributed by atoms with E-state index >= 15 is 0 Å². The predicted octanol–water partition coefficient (Wildman–Crippen LogP) is 0.999. The zero-order chi connectivity index (χ0) is 17.0. The first kappa shape index (κ1) is 16.8. The topological polar surface area (TPSA) is 144 Å². The average Bonchev–Trinajstić information content (AvgIpc) is 2.83. The molecule has 0 aliphatic rings. The molecule has 1 aromatic carbocycles. The largest absolute Gasteiger partial charge is 0.300 e. The van der Waals surface area contributed by atoms with Crippen molar-refractivity contribution in [2.24, 2.45) is 0 Å². The fourth-order valence-corrected chi connectivity index (χ4v) is 3.14. The summed E-state index contributed by atoms with van der Waals surface area (Å²) in [7, 11) is -3.49. The molecule has 2 N–H and O–H groups in total. The SMILES string of the molecule is CS(=O)(=O)Nc1nnc(NC(=O)Cc2ccccc2[N+](=O)[O-])s1. The van der Waals surface area contributed by atoms with Crippen LogP contribution in [0.2, 0.25) is 0 Å². The Balaban J connectivity index is 2.05. The number of para-hydroxylation sites is 1. The van der Waals surface area contributed by atoms with E-state index in [1.165, 1.54) is 18.2 Å². The highest BCUT2D eigenvalue weighted by Gasteiger charge is 2.17. The van der Waals surface area contributed by atoms with Gasteiger partial charge in [0.2, 0.25) is 26.2 Å². The number of nitro groups is 1. The molecule has 0 aliphatic carbocycles. The minimum absolute atomic E-state index is 0.00786. The summed E-state index contributed by atoms with van der Waals surface area (Å²) < 4.78 is 24.2. The van der Waals surface area contributed by atoms with Crippen molar-refractivity contribution < 1.29 is 18.1 Å². The summed E-state index contributed by atoms with van der Waals surface area (Å²) in [5.74, 6) is -0.527. The van der Waals surface area contributed by atoms with E-state index in [-0.39, 0.29) is 27.9 Å². The molecular formula is C11H11N5O5S2. The van der Waals surface area contributed by atoms with E-state index in [1.807, 2.05) is 0 Å². The van der Waals surface area contributed by atoms with Crippen LogP contribution in [0.3, 0.4) is 0 Å². The Bertz CT molecular complexity index is 848. The molecule has 23 heavy (non-hydrogen) atoms. The van der Waals surface area contributed by atoms with Crippen LogP contribution in [-0.4, -0.2) is 35.7 Å². The molecule has 0 saturated heterocycles. The standard InChI is InChI=1S/C11H11N5O5S2/c1-23(20,21)15-11-14-13-10(22-11)12-9(17)6-7-4-2-3-5-8(7)16(18)19/h2-5H,6H2,1H3,(H,14,15)(H,12,13,17). The third-order valence-corrected chi connectivity index (χ3v) is 3.93. The lowest BCUT2D eigenvalue weighted by molar-refractivity contribution is -0.385. The number of nitro benzene ring substituents is 1. The fourth-order valence-electron chi connectivity index (χ4n) is 1.65. The number of anilines is 2. The van der Waals surface area contributed by atoms with Gasteiger partial charge in [-0.15, -0.1) is 10.2 Å². The van der Waals surface area contributed by atoms with Gasteiger partial charge in [-0.1, -0.05) is 29.5 Å². The average molecular weight is 357 g/mol. The number of amides is 1. The zero-order valence-electron chi connectivity index (χ0n) is 11.7. The molecule has 10 nitrogen and oxygen atoms in total. The van der Waals surface area contributed by atoms with Crippen molar-refractivity contribution in [2.45, 2.75) is 6.42 Å². The van der Waals surface area contributed by atoms with E-state index in [4.69, 9.17) is 0 Å². The summed E-state index contributed by atoms with van der Waals surface area (Å²) in [5.41, 5.74) is 0.105. The van der Waals surface area contributed by atoms with E-state index < -0.39 is 20.9 Å². The maximum absolute atomic E-state index is 11.9. The van der Waals surface area contributed by atoms with E-state index in [0.29, 0.717) is 0 Å². The minimum atomic E-state index is -3.49. The molecule has 122 valence electrons. The Morgan fingerprint density at radius 3 is 2.61 bits per heavy atom. The molecule has 0 saturated carbocycles. The van der Waals surface area contributed by atoms with Crippen molar-refractivity contribution in [3.05, 3.63) is 39.9 Å². The lowest BCUT2D eigenvalue weighted by Crippen LogP contribution is -2.15. The highest BCUT2D eigenvalue weighted by Crippen LogP contribution is 2.22. The van der Waals surface area contributed by atoms with Gasteiger partial charge in [0.05, 0.1) is 17.6 Å². The van der Waals surface area contributed by atoms with Gasteiger partial charge >= 0.3 is 0 Å². The molecule has 0 unspecified atom stereocenters. The molecule has 0 atom stereocenters. The Kier molecular flexibility index (Phi) is 4.86. The van der Waals surface area contributed by atoms with Gasteiger partial charge in [-0.25, -0.2) is 8.42 Å². The second-order valence-corrected chi connectivity index (χ2v) is 7.12. The van der Waals surface area contributed by atoms with Gasteiger partial charge < -0.3 is 5.32 Å². The van der Waals surface area contributed by atoms with Crippen molar-refractivity contribution in [2.75, 3.05) is 16.3 Å². The van der Waals surface area contributed by atoms with Gasteiger partial charge in [-0.2, -0.15) is 0 Å². The second kappa shape index (κ2) is 6.66. The quantitative estimate of drug-likeness (QED) is 0.579. The Hall–Kier alpha value is -2.60. The number of carbonyl (C=O) groups excluding carboxylic acids is 1. The first-order chi connectivity index (χ1) is 10.7. The van der Waals surface area contributed by atoms with Crippen molar-refractivity contribution in [1.82, 2.24) is 10.2 Å². The molecule has 0 fully saturated rings. The molecule has 0 spiro atoms. The summed E-state index contributed by atoms with van der Waals surface area (Å²) in [6.07, 6.45) is 0.743. The smallest absolute Gasteiger partial charge is 0.273 e. The van der Waals surface area contributed by atoms with Crippen molar-refractivity contribution in [1.29, 1.82) is 0 Å². The summed E-state index contributed by atoms with van der Waals surface area (Å²) in [6.45, 7) is 0. The molecule has 2 aromatic rings. The van der Waals surface area contributed by atoms with Gasteiger partial charge in [0.15, 0.2) is 0 Å². The number of hydrogen-bond acceptors (Lipinski definition) is 8. The van der Waals surface area contributed by atoms with Crippen molar-refractivity contribution >= 4 is 43.2 Å². The Morgan fingerprint density at radius 2 is 1.96 bits per heavy atom. The zero-order valence-corrected chi connectivity index (χ0v) is 13.3. The fraction of sp³-hybridized carbons (Fsp3) is 0.182. The molecule has 0 bridgehead atoms. The maximum Gasteiger partial charge on any atom is 0.273 e. The third-order valence-electron chi connectivity index (χ3n) is 2.48. The van der Waals surface area contributed by atoms with Crippen LogP contribution in [-0.2, 0) is 21.2 Å². The minimum Gasteiger partial charge on any atom is -0.300 e. The van der Waals surface area contributed by atoms with Crippen molar-refractivity contribution in [3.8, 4) is 0 Å². The number of aromatic nitrogens is 2. The van der Waals surface area contributed by atoms with Gasteiger partial charge in [0, 0.05) is 11.6 Å². The molecule has 0 radical (unpaired) electrons. The van der Waals surface area contributed by atoms with Crippen LogP contribution in [0.25, 0.3) is 0 Å². The summed E-state index contributed by atoms with van der Waals surface area (Å²) in [5, 5.41) is 20.6. The number of nitrogens with one attached hydrogen (secondary N) is 2. The highest BCUT2D eigenvalue weighted by molar-refractivity contribution is 7.92. The molecule has 1 heterocycles. The molecule has 12 heteroatoms. The maximum atomic E-state index is 11.9. The molecule has 1 aromatic heterocycles. The molecular weight excluding hydrogens is 346 g/mol. The first-order valence-corrected chi connectivity index (χ1v) is 8.79. The van der Waals surface area contributed by atoms with E-state index in [1.54, 1.807) is 6.07 Å². The van der Waals surface area contributed by atoms with Crippen LogP contribution in [0.5, 0.6) is 0 Å². The van der Waals surface area contributed by atoms with Gasteiger partial charge in [-0.05, 0) is 0 Å². The number of rotatable bonds is 6. The van der Waals surface area contributed by atoms with Crippen LogP contribution in [0, 0.1) is 10.1 Å². The first-order valence-electron chi connectivity index (χ1n) is 6.08. The number of nitrogens with zero attached hydrogens (tertiary/aromatic N) is 3. The van der Waals surface area contributed by atoms with Crippen LogP contribution >= 0.6 is 11.3 Å². The third kappa shape index (κ3) is 4.96. The second-order valence-electron chi connectivity index (χ2n) is 4.40. The number of benzene rings is 1. The predicted molar refractivity (Wildman–Crippen MR) is 83.8 cm³/mol. The number of hydrogen-bond donors (Lipinski definition) is 2. The molecule has 1 amide bonds. The summed E-state index contributed by atoms with van der Waals surface area (Å²) in [4.78, 5) is 22.2. The lowest BCUT2D eigenvalue weighted by atomic mass is 10.1. The van der Waals surface area contributed by atoms with E-state index in [0.717, 1.165) is 17.6 Å². The lowest BCUT2D eigenvalue weighted by Gasteiger charge is -2.02. The normalized spacial score (nSPS) is 11.0. The van der Waals surface area contributed by atoms with Crippen LogP contribution in [0.4, 0.5) is 16.0 Å². The van der Waals surface area contributed by atoms with Crippen LogP contribution in [0.15, 0.2) is 24.3 Å². The van der Waals surface area contributed by atoms with Gasteiger partial charge in [-0.3, -0.25) is 19.6 Å². The number of sulfonamides is 1. The molecule has 0 aliphatic heterocycles. The van der Waals surface area contributed by atoms with Gasteiger partial charge in [0.25, 0.3) is 5.69 Å². The van der Waals surface area contributed by atoms with Crippen molar-refractivity contribution in [3.63, 3.8) is 0 Å². The van der Waals surface area contributed by atoms with Crippen LogP contribution in [0.1, 0.15) is 5.56 Å². The van der Waals surface area contributed by atoms with E-state index in [2.05, 4.69) is 20.2 Å². The highest BCUT2D eigenvalue weighted by atomic mass is 32.2. The summed E-state index contributed by atoms with van der Waals surface area (Å²) >= 11 is 0.831.